The van der Waals surface area contributed by atoms with Crippen LogP contribution in [0.15, 0.2) is 24.3 Å². The number of carbonyl (C=O) groups excluding carboxylic acids is 1. The quantitative estimate of drug-likeness (QED) is 0.920. The maximum atomic E-state index is 13.3. The third-order valence-corrected chi connectivity index (χ3v) is 5.11. The van der Waals surface area contributed by atoms with Crippen molar-refractivity contribution in [2.75, 3.05) is 13.7 Å². The van der Waals surface area contributed by atoms with E-state index in [-0.39, 0.29) is 50.1 Å². The second-order valence-electron chi connectivity index (χ2n) is 6.80. The van der Waals surface area contributed by atoms with Gasteiger partial charge < -0.3 is 14.7 Å². The predicted octanol–water partition coefficient (Wildman–Crippen LogP) is 3.16. The van der Waals surface area contributed by atoms with Crippen molar-refractivity contribution in [3.05, 3.63) is 29.8 Å². The van der Waals surface area contributed by atoms with Crippen molar-refractivity contribution in [1.29, 1.82) is 0 Å². The van der Waals surface area contributed by atoms with E-state index in [2.05, 4.69) is 0 Å². The number of hydrogen-bond donors (Lipinski definition) is 1. The number of carbonyl (C=O) groups is 1. The first kappa shape index (κ1) is 17.1. The van der Waals surface area contributed by atoms with Crippen LogP contribution in [-0.4, -0.2) is 41.6 Å². The molecule has 3 rings (SSSR count). The lowest BCUT2D eigenvalue weighted by Crippen LogP contribution is -2.39. The fourth-order valence-electron chi connectivity index (χ4n) is 3.74. The van der Waals surface area contributed by atoms with Gasteiger partial charge in [-0.05, 0) is 37.0 Å². The zero-order valence-electron chi connectivity index (χ0n) is 13.8. The summed E-state index contributed by atoms with van der Waals surface area (Å²) >= 11 is 0. The molecule has 1 heterocycles. The summed E-state index contributed by atoms with van der Waals surface area (Å²) in [5.74, 6) is -2.44. The fraction of sp³-hybridized carbons (Fsp3) is 0.611. The van der Waals surface area contributed by atoms with Gasteiger partial charge in [-0.1, -0.05) is 12.1 Å². The van der Waals surface area contributed by atoms with Crippen LogP contribution in [0.25, 0.3) is 0 Å². The van der Waals surface area contributed by atoms with Gasteiger partial charge in [-0.2, -0.15) is 0 Å². The number of alkyl halides is 2. The van der Waals surface area contributed by atoms with Crippen LogP contribution in [0, 0.1) is 5.92 Å². The first-order valence-corrected chi connectivity index (χ1v) is 8.40. The number of ether oxygens (including phenoxy) is 1. The second-order valence-corrected chi connectivity index (χ2v) is 6.80. The molecule has 1 saturated heterocycles. The van der Waals surface area contributed by atoms with Gasteiger partial charge in [0, 0.05) is 25.3 Å². The van der Waals surface area contributed by atoms with E-state index in [9.17, 15) is 18.7 Å². The first-order chi connectivity index (χ1) is 11.4. The standard InChI is InChI=1S/C18H23F2NO3/c1-24-15-4-2-3-13(9-15)16-10-14(22)11-21(16)17(23)12-5-7-18(19,20)8-6-12/h2-4,9,12,14,16,22H,5-8,10-11H2,1H3/t14-,16-/m1/s1. The topological polar surface area (TPSA) is 49.8 Å². The van der Waals surface area contributed by atoms with Gasteiger partial charge in [-0.25, -0.2) is 8.78 Å². The van der Waals surface area contributed by atoms with Crippen molar-refractivity contribution in [1.82, 2.24) is 4.90 Å². The van der Waals surface area contributed by atoms with Crippen molar-refractivity contribution < 1.29 is 23.4 Å². The number of hydrogen-bond acceptors (Lipinski definition) is 3. The zero-order chi connectivity index (χ0) is 17.3. The van der Waals surface area contributed by atoms with Gasteiger partial charge in [0.1, 0.15) is 5.75 Å². The summed E-state index contributed by atoms with van der Waals surface area (Å²) in [4.78, 5) is 14.5. The number of likely N-dealkylation sites (tertiary alicyclic amines) is 1. The lowest BCUT2D eigenvalue weighted by atomic mass is 9.85. The molecule has 2 atom stereocenters. The zero-order valence-corrected chi connectivity index (χ0v) is 13.8. The molecule has 2 aliphatic rings. The predicted molar refractivity (Wildman–Crippen MR) is 85.0 cm³/mol. The summed E-state index contributed by atoms with van der Waals surface area (Å²) < 4.78 is 31.9. The van der Waals surface area contributed by atoms with Crippen molar-refractivity contribution in [3.8, 4) is 5.75 Å². The molecule has 2 fully saturated rings. The van der Waals surface area contributed by atoms with Crippen molar-refractivity contribution in [2.24, 2.45) is 5.92 Å². The average molecular weight is 339 g/mol. The Hall–Kier alpha value is -1.69. The Balaban J connectivity index is 1.76. The molecule has 0 spiro atoms. The molecular weight excluding hydrogens is 316 g/mol. The largest absolute Gasteiger partial charge is 0.497 e. The van der Waals surface area contributed by atoms with Gasteiger partial charge in [0.15, 0.2) is 0 Å². The fourth-order valence-corrected chi connectivity index (χ4v) is 3.74. The molecule has 1 saturated carbocycles. The van der Waals surface area contributed by atoms with E-state index in [0.29, 0.717) is 12.2 Å². The molecular formula is C18H23F2NO3. The van der Waals surface area contributed by atoms with E-state index in [1.54, 1.807) is 12.0 Å². The van der Waals surface area contributed by atoms with Gasteiger partial charge in [-0.15, -0.1) is 0 Å². The number of halogens is 2. The monoisotopic (exact) mass is 339 g/mol. The molecule has 4 nitrogen and oxygen atoms in total. The Labute approximate surface area is 140 Å². The van der Waals surface area contributed by atoms with Crippen LogP contribution in [0.1, 0.15) is 43.7 Å². The first-order valence-electron chi connectivity index (χ1n) is 8.40. The number of aliphatic hydroxyl groups excluding tert-OH is 1. The molecule has 1 aliphatic carbocycles. The van der Waals surface area contributed by atoms with E-state index in [1.807, 2.05) is 24.3 Å². The molecule has 6 heteroatoms. The van der Waals surface area contributed by atoms with Crippen LogP contribution < -0.4 is 4.74 Å². The maximum Gasteiger partial charge on any atom is 0.248 e. The molecule has 24 heavy (non-hydrogen) atoms. The van der Waals surface area contributed by atoms with Crippen LogP contribution >= 0.6 is 0 Å². The number of β-amino-alcohol motifs (C(OH)–C–C–N with tert-alkyl or cyclic N) is 1. The van der Waals surface area contributed by atoms with Crippen LogP contribution in [0.2, 0.25) is 0 Å². The highest BCUT2D eigenvalue weighted by Crippen LogP contribution is 2.40. The smallest absolute Gasteiger partial charge is 0.248 e. The van der Waals surface area contributed by atoms with E-state index in [0.717, 1.165) is 5.56 Å². The Morgan fingerprint density at radius 3 is 2.71 bits per heavy atom. The summed E-state index contributed by atoms with van der Waals surface area (Å²) in [6.45, 7) is 0.258. The molecule has 0 unspecified atom stereocenters. The van der Waals surface area contributed by atoms with Crippen molar-refractivity contribution in [2.45, 2.75) is 50.2 Å². The van der Waals surface area contributed by atoms with Crippen LogP contribution in [0.3, 0.4) is 0 Å². The lowest BCUT2D eigenvalue weighted by molar-refractivity contribution is -0.141. The number of rotatable bonds is 3. The van der Waals surface area contributed by atoms with Crippen molar-refractivity contribution in [3.63, 3.8) is 0 Å². The number of nitrogens with zero attached hydrogens (tertiary/aromatic N) is 1. The van der Waals surface area contributed by atoms with E-state index >= 15 is 0 Å². The minimum absolute atomic E-state index is 0.116. The Bertz CT molecular complexity index is 598. The third-order valence-electron chi connectivity index (χ3n) is 5.11. The van der Waals surface area contributed by atoms with Crippen LogP contribution in [-0.2, 0) is 4.79 Å². The molecule has 1 aromatic rings. The van der Waals surface area contributed by atoms with E-state index in [4.69, 9.17) is 4.74 Å². The molecule has 1 aromatic carbocycles. The Kier molecular flexibility index (Phi) is 4.76. The number of benzene rings is 1. The lowest BCUT2D eigenvalue weighted by Gasteiger charge is -2.33. The highest BCUT2D eigenvalue weighted by molar-refractivity contribution is 5.80. The van der Waals surface area contributed by atoms with Crippen molar-refractivity contribution >= 4 is 5.91 Å². The van der Waals surface area contributed by atoms with Gasteiger partial charge in [0.05, 0.1) is 19.3 Å². The minimum Gasteiger partial charge on any atom is -0.497 e. The maximum absolute atomic E-state index is 13.3. The number of methoxy groups -OCH3 is 1. The molecule has 1 N–H and O–H groups in total. The summed E-state index contributed by atoms with van der Waals surface area (Å²) in [6.07, 6.45) is -0.170. The van der Waals surface area contributed by atoms with Gasteiger partial charge in [0.25, 0.3) is 0 Å². The number of amides is 1. The van der Waals surface area contributed by atoms with Gasteiger partial charge in [0.2, 0.25) is 11.8 Å². The molecule has 132 valence electrons. The molecule has 0 aromatic heterocycles. The summed E-state index contributed by atoms with van der Waals surface area (Å²) in [7, 11) is 1.58. The van der Waals surface area contributed by atoms with Crippen LogP contribution in [0.4, 0.5) is 8.78 Å². The molecule has 0 radical (unpaired) electrons. The number of aliphatic hydroxyl groups is 1. The average Bonchev–Trinajstić information content (AvgIpc) is 2.96. The SMILES string of the molecule is COc1cccc([C@H]2C[C@@H](O)CN2C(=O)C2CCC(F)(F)CC2)c1. The van der Waals surface area contributed by atoms with Gasteiger partial charge in [-0.3, -0.25) is 4.79 Å². The molecule has 1 amide bonds. The minimum atomic E-state index is -2.65. The van der Waals surface area contributed by atoms with E-state index < -0.39 is 12.0 Å². The highest BCUT2D eigenvalue weighted by atomic mass is 19.3. The second kappa shape index (κ2) is 6.67. The Morgan fingerprint density at radius 2 is 2.04 bits per heavy atom. The summed E-state index contributed by atoms with van der Waals surface area (Å²) in [5, 5.41) is 10.0. The Morgan fingerprint density at radius 1 is 1.33 bits per heavy atom. The highest BCUT2D eigenvalue weighted by Gasteiger charge is 2.42. The molecule has 0 bridgehead atoms. The molecule has 1 aliphatic heterocycles. The summed E-state index contributed by atoms with van der Waals surface area (Å²) in [5.41, 5.74) is 0.903. The third kappa shape index (κ3) is 3.53. The van der Waals surface area contributed by atoms with E-state index in [1.165, 1.54) is 0 Å². The van der Waals surface area contributed by atoms with Crippen LogP contribution in [0.5, 0.6) is 5.75 Å². The normalized spacial score (nSPS) is 27.2. The summed E-state index contributed by atoms with van der Waals surface area (Å²) in [6, 6.07) is 7.20. The van der Waals surface area contributed by atoms with Gasteiger partial charge >= 0.3 is 0 Å².